The van der Waals surface area contributed by atoms with E-state index in [2.05, 4.69) is 19.2 Å². The lowest BCUT2D eigenvalue weighted by Gasteiger charge is -2.54. The molecule has 1 spiro atoms. The summed E-state index contributed by atoms with van der Waals surface area (Å²) in [6, 6.07) is -3.03. The number of amides is 1. The maximum Gasteiger partial charge on any atom is 0.422 e. The topological polar surface area (TPSA) is 300 Å². The zero-order valence-electron chi connectivity index (χ0n) is 15.1. The third kappa shape index (κ3) is 4.00. The Morgan fingerprint density at radius 3 is 2.48 bits per heavy atom. The Kier molecular flexibility index (Phi) is 5.60. The molecule has 3 rings (SSSR count). The highest BCUT2D eigenvalue weighted by Gasteiger charge is 2.76. The minimum Gasteiger partial charge on any atom is -0.447 e. The summed E-state index contributed by atoms with van der Waals surface area (Å²) >= 11 is 0. The number of nitrogens with two attached hydrogens (primary N) is 2. The van der Waals surface area contributed by atoms with E-state index in [0.29, 0.717) is 5.06 Å². The van der Waals surface area contributed by atoms with Gasteiger partial charge < -0.3 is 36.9 Å². The lowest BCUT2D eigenvalue weighted by Crippen LogP contribution is -2.83. The van der Waals surface area contributed by atoms with E-state index in [1.54, 1.807) is 0 Å². The highest BCUT2D eigenvalue weighted by atomic mass is 32.3. The van der Waals surface area contributed by atoms with Gasteiger partial charge in [-0.25, -0.2) is 18.9 Å². The number of nitrogens with one attached hydrogen (secondary N) is 2. The van der Waals surface area contributed by atoms with Gasteiger partial charge in [0.2, 0.25) is 5.79 Å². The number of hydroxylamine groups is 2. The molecule has 0 aromatic heterocycles. The van der Waals surface area contributed by atoms with Crippen LogP contribution >= 0.6 is 0 Å². The van der Waals surface area contributed by atoms with Crippen LogP contribution in [-0.2, 0) is 29.6 Å². The first-order valence-corrected chi connectivity index (χ1v) is 10.9. The molecule has 0 bridgehead atoms. The summed E-state index contributed by atoms with van der Waals surface area (Å²) in [5, 5.41) is 34.8. The van der Waals surface area contributed by atoms with E-state index in [9.17, 15) is 37.1 Å². The fourth-order valence-corrected chi connectivity index (χ4v) is 4.63. The molecule has 0 aliphatic carbocycles. The highest BCUT2D eigenvalue weighted by Crippen LogP contribution is 2.47. The molecule has 1 amide bonds. The standard InChI is InChI=1S/C10H19N7O12S2/c11-6-13-5-3(2-28-8(18)15-30(22,23)24)17(21)7(12)16-1-4(29-31(25,26)27)10(19,20)9(5,16)14-6/h3-5,7,19-21H,1-2,12H2,(H,15,18)(H3,11,13,14)(H,22,23,24)(H,25,26,27)/t3-,4-,5-,7?,9-/m0/s1. The molecular weight excluding hydrogens is 474 g/mol. The molecule has 3 aliphatic heterocycles. The fraction of sp³-hybridized carbons (Fsp3) is 0.800. The van der Waals surface area contributed by atoms with Crippen molar-refractivity contribution >= 4 is 32.8 Å². The normalized spacial score (nSPS) is 35.6. The zero-order chi connectivity index (χ0) is 23.6. The van der Waals surface area contributed by atoms with Crippen molar-refractivity contribution < 1.29 is 55.1 Å². The Labute approximate surface area is 174 Å². The van der Waals surface area contributed by atoms with Gasteiger partial charge in [0, 0.05) is 6.54 Å². The molecule has 21 heteroatoms. The van der Waals surface area contributed by atoms with E-state index in [1.807, 2.05) is 0 Å². The first-order valence-electron chi connectivity index (χ1n) is 8.13. The van der Waals surface area contributed by atoms with Crippen LogP contribution in [0.4, 0.5) is 4.79 Å². The van der Waals surface area contributed by atoms with Crippen molar-refractivity contribution in [1.29, 1.82) is 0 Å². The monoisotopic (exact) mass is 493 g/mol. The number of rotatable bonds is 5. The summed E-state index contributed by atoms with van der Waals surface area (Å²) in [5.74, 6) is -3.57. The van der Waals surface area contributed by atoms with Crippen molar-refractivity contribution in [3.05, 3.63) is 0 Å². The van der Waals surface area contributed by atoms with Crippen LogP contribution in [0.2, 0.25) is 0 Å². The van der Waals surface area contributed by atoms with Crippen LogP contribution in [0.15, 0.2) is 4.99 Å². The van der Waals surface area contributed by atoms with Gasteiger partial charge in [-0.3, -0.25) is 9.11 Å². The Morgan fingerprint density at radius 1 is 1.32 bits per heavy atom. The average molecular weight is 493 g/mol. The highest BCUT2D eigenvalue weighted by molar-refractivity contribution is 7.84. The number of carbonyl (C=O) groups is 1. The second-order valence-electron chi connectivity index (χ2n) is 6.78. The minimum atomic E-state index is -5.17. The quantitative estimate of drug-likeness (QED) is 0.127. The number of hydrogen-bond acceptors (Lipinski definition) is 16. The molecule has 0 aromatic rings. The van der Waals surface area contributed by atoms with Crippen LogP contribution in [0.25, 0.3) is 0 Å². The molecule has 0 saturated carbocycles. The van der Waals surface area contributed by atoms with E-state index >= 15 is 0 Å². The van der Waals surface area contributed by atoms with E-state index in [0.717, 1.165) is 9.62 Å². The van der Waals surface area contributed by atoms with Crippen molar-refractivity contribution in [2.45, 2.75) is 35.9 Å². The van der Waals surface area contributed by atoms with Crippen molar-refractivity contribution in [3.8, 4) is 0 Å². The van der Waals surface area contributed by atoms with Crippen molar-refractivity contribution in [2.24, 2.45) is 16.5 Å². The van der Waals surface area contributed by atoms with Crippen LogP contribution in [0.1, 0.15) is 0 Å². The van der Waals surface area contributed by atoms with Gasteiger partial charge in [0.1, 0.15) is 25.0 Å². The molecule has 3 heterocycles. The van der Waals surface area contributed by atoms with Crippen molar-refractivity contribution in [2.75, 3.05) is 13.2 Å². The maximum absolute atomic E-state index is 11.5. The number of guanidine groups is 1. The Balaban J connectivity index is 1.95. The molecular formula is C10H19N7O12S2. The van der Waals surface area contributed by atoms with Crippen LogP contribution in [0, 0.1) is 0 Å². The van der Waals surface area contributed by atoms with Crippen LogP contribution in [-0.4, -0.2) is 112 Å². The van der Waals surface area contributed by atoms with E-state index in [4.69, 9.17) is 20.6 Å². The Bertz CT molecular complexity index is 1000. The minimum absolute atomic E-state index is 0.360. The summed E-state index contributed by atoms with van der Waals surface area (Å²) in [7, 11) is -10.1. The number of carbonyl (C=O) groups excluding carboxylic acids is 1. The van der Waals surface area contributed by atoms with Gasteiger partial charge in [0.15, 0.2) is 11.6 Å². The van der Waals surface area contributed by atoms with Crippen LogP contribution < -0.4 is 21.5 Å². The first kappa shape index (κ1) is 23.7. The third-order valence-electron chi connectivity index (χ3n) is 4.98. The average Bonchev–Trinajstić information content (AvgIpc) is 3.02. The van der Waals surface area contributed by atoms with E-state index in [-0.39, 0.29) is 0 Å². The summed E-state index contributed by atoms with van der Waals surface area (Å²) in [5.41, 5.74) is 9.30. The number of hydrogen-bond donors (Lipinski definition) is 9. The van der Waals surface area contributed by atoms with Gasteiger partial charge in [0.25, 0.3) is 0 Å². The lowest BCUT2D eigenvalue weighted by atomic mass is 9.85. The Hall–Kier alpha value is -1.92. The van der Waals surface area contributed by atoms with Crippen molar-refractivity contribution in [1.82, 2.24) is 20.0 Å². The third-order valence-corrected chi connectivity index (χ3v) is 5.88. The van der Waals surface area contributed by atoms with Crippen LogP contribution in [0.5, 0.6) is 0 Å². The van der Waals surface area contributed by atoms with E-state index in [1.165, 1.54) is 0 Å². The molecule has 178 valence electrons. The number of aliphatic hydroxyl groups is 2. The molecule has 5 atom stereocenters. The first-order chi connectivity index (χ1) is 14.0. The molecule has 0 radical (unpaired) electrons. The van der Waals surface area contributed by atoms with Gasteiger partial charge in [-0.2, -0.15) is 26.6 Å². The molecule has 0 aromatic carbocycles. The van der Waals surface area contributed by atoms with E-state index < -0.39 is 81.8 Å². The second-order valence-corrected chi connectivity index (χ2v) is 8.98. The maximum atomic E-state index is 11.5. The van der Waals surface area contributed by atoms with Gasteiger partial charge in [-0.1, -0.05) is 0 Å². The number of ether oxygens (including phenoxy) is 1. The number of nitrogens with zero attached hydrogens (tertiary/aromatic N) is 3. The van der Waals surface area contributed by atoms with Gasteiger partial charge in [0.05, 0.1) is 6.04 Å². The van der Waals surface area contributed by atoms with Gasteiger partial charge >= 0.3 is 26.8 Å². The van der Waals surface area contributed by atoms with Gasteiger partial charge in [-0.15, -0.1) is 0 Å². The van der Waals surface area contributed by atoms with Crippen molar-refractivity contribution in [3.63, 3.8) is 0 Å². The largest absolute Gasteiger partial charge is 0.447 e. The summed E-state index contributed by atoms with van der Waals surface area (Å²) in [4.78, 5) is 16.3. The van der Waals surface area contributed by atoms with Crippen LogP contribution in [0.3, 0.4) is 0 Å². The second kappa shape index (κ2) is 7.31. The molecule has 2 fully saturated rings. The summed E-state index contributed by atoms with van der Waals surface area (Å²) < 4.78 is 71.2. The predicted octanol–water partition coefficient (Wildman–Crippen LogP) is -6.00. The summed E-state index contributed by atoms with van der Waals surface area (Å²) in [6.07, 6.45) is -5.32. The zero-order valence-corrected chi connectivity index (χ0v) is 16.8. The molecule has 1 unspecified atom stereocenters. The molecule has 2 saturated heterocycles. The molecule has 19 nitrogen and oxygen atoms in total. The smallest absolute Gasteiger partial charge is 0.422 e. The molecule has 3 aliphatic rings. The Morgan fingerprint density at radius 2 is 1.94 bits per heavy atom. The van der Waals surface area contributed by atoms with Gasteiger partial charge in [-0.05, 0) is 0 Å². The lowest BCUT2D eigenvalue weighted by molar-refractivity contribution is -0.312. The fourth-order valence-electron chi connectivity index (χ4n) is 3.88. The molecule has 11 N–H and O–H groups in total. The predicted molar refractivity (Wildman–Crippen MR) is 93.0 cm³/mol. The number of aliphatic imine (C=N–C) groups is 1. The molecule has 31 heavy (non-hydrogen) atoms. The SMILES string of the molecule is NC1=N[C@H]2[C@H](COC(=O)NS(=O)(=O)O)N(O)C(N)N3C[C@H](OS(=O)(=O)O)C(O)(O)[C@]23N1. The summed E-state index contributed by atoms with van der Waals surface area (Å²) in [6.45, 7) is -1.54.